The minimum absolute atomic E-state index is 0.00273. The zero-order chi connectivity index (χ0) is 16.4. The summed E-state index contributed by atoms with van der Waals surface area (Å²) in [5, 5.41) is 5.08. The highest BCUT2D eigenvalue weighted by Crippen LogP contribution is 2.43. The third-order valence-corrected chi connectivity index (χ3v) is 5.92. The third-order valence-electron chi connectivity index (χ3n) is 5.05. The second kappa shape index (κ2) is 6.48. The fourth-order valence-corrected chi connectivity index (χ4v) is 4.38. The molecule has 1 amide bonds. The van der Waals surface area contributed by atoms with Crippen LogP contribution < -0.4 is 14.8 Å². The van der Waals surface area contributed by atoms with Gasteiger partial charge in [0, 0.05) is 12.0 Å². The Morgan fingerprint density at radius 2 is 1.92 bits per heavy atom. The van der Waals surface area contributed by atoms with Crippen LogP contribution in [0.5, 0.6) is 11.5 Å². The molecule has 126 valence electrons. The van der Waals surface area contributed by atoms with E-state index in [2.05, 4.69) is 17.4 Å². The van der Waals surface area contributed by atoms with Crippen molar-refractivity contribution in [3.63, 3.8) is 0 Å². The Kier molecular flexibility index (Phi) is 4.19. The van der Waals surface area contributed by atoms with Crippen molar-refractivity contribution in [2.75, 3.05) is 19.8 Å². The number of amides is 1. The van der Waals surface area contributed by atoms with E-state index in [1.807, 2.05) is 23.6 Å². The smallest absolute Gasteiger partial charge is 0.261 e. The van der Waals surface area contributed by atoms with E-state index in [1.165, 1.54) is 29.7 Å². The number of hydrogen-bond acceptors (Lipinski definition) is 4. The molecule has 24 heavy (non-hydrogen) atoms. The highest BCUT2D eigenvalue weighted by molar-refractivity contribution is 7.12. The molecule has 0 spiro atoms. The maximum absolute atomic E-state index is 12.3. The van der Waals surface area contributed by atoms with E-state index >= 15 is 0 Å². The number of benzene rings is 1. The fourth-order valence-electron chi connectivity index (χ4n) is 3.74. The maximum Gasteiger partial charge on any atom is 0.261 e. The monoisotopic (exact) mass is 343 g/mol. The molecule has 1 aromatic carbocycles. The lowest BCUT2D eigenvalue weighted by molar-refractivity contribution is 0.0947. The lowest BCUT2D eigenvalue weighted by Crippen LogP contribution is -2.38. The third kappa shape index (κ3) is 2.88. The van der Waals surface area contributed by atoms with Gasteiger partial charge in [-0.15, -0.1) is 11.3 Å². The average Bonchev–Trinajstić information content (AvgIpc) is 3.32. The number of thiophene rings is 1. The topological polar surface area (TPSA) is 47.6 Å². The molecule has 4 nitrogen and oxygen atoms in total. The van der Waals surface area contributed by atoms with Crippen LogP contribution in [-0.2, 0) is 5.41 Å². The van der Waals surface area contributed by atoms with Crippen LogP contribution in [0.25, 0.3) is 0 Å². The largest absolute Gasteiger partial charge is 0.486 e. The van der Waals surface area contributed by atoms with Crippen LogP contribution in [0.15, 0.2) is 35.7 Å². The molecular weight excluding hydrogens is 322 g/mol. The summed E-state index contributed by atoms with van der Waals surface area (Å²) in [5.41, 5.74) is 1.25. The summed E-state index contributed by atoms with van der Waals surface area (Å²) in [6.45, 7) is 1.87. The number of fused-ring (bicyclic) bond motifs is 1. The van der Waals surface area contributed by atoms with Crippen LogP contribution >= 0.6 is 11.3 Å². The molecule has 1 aliphatic heterocycles. The predicted octanol–water partition coefficient (Wildman–Crippen LogP) is 3.76. The summed E-state index contributed by atoms with van der Waals surface area (Å²) in [5.74, 6) is 1.67. The van der Waals surface area contributed by atoms with Crippen LogP contribution in [0.3, 0.4) is 0 Å². The Morgan fingerprint density at radius 1 is 1.12 bits per heavy atom. The maximum atomic E-state index is 12.3. The second-order valence-corrected chi connectivity index (χ2v) is 7.45. The first kappa shape index (κ1) is 15.5. The molecule has 0 bridgehead atoms. The van der Waals surface area contributed by atoms with E-state index in [4.69, 9.17) is 9.47 Å². The molecule has 5 heteroatoms. The summed E-state index contributed by atoms with van der Waals surface area (Å²) >= 11 is 1.48. The van der Waals surface area contributed by atoms with Crippen LogP contribution in [0.2, 0.25) is 0 Å². The van der Waals surface area contributed by atoms with E-state index in [1.54, 1.807) is 0 Å². The molecule has 1 N–H and O–H groups in total. The van der Waals surface area contributed by atoms with Crippen molar-refractivity contribution in [3.8, 4) is 11.5 Å². The summed E-state index contributed by atoms with van der Waals surface area (Å²) < 4.78 is 11.4. The van der Waals surface area contributed by atoms with Gasteiger partial charge in [-0.1, -0.05) is 25.0 Å². The highest BCUT2D eigenvalue weighted by atomic mass is 32.1. The minimum atomic E-state index is 0.00273. The molecule has 2 aliphatic rings. The molecule has 0 unspecified atom stereocenters. The van der Waals surface area contributed by atoms with E-state index < -0.39 is 0 Å². The number of ether oxygens (including phenoxy) is 2. The van der Waals surface area contributed by atoms with Crippen LogP contribution in [0, 0.1) is 0 Å². The summed E-state index contributed by atoms with van der Waals surface area (Å²) in [4.78, 5) is 13.1. The van der Waals surface area contributed by atoms with Crippen molar-refractivity contribution < 1.29 is 14.3 Å². The van der Waals surface area contributed by atoms with Gasteiger partial charge >= 0.3 is 0 Å². The van der Waals surface area contributed by atoms with Crippen LogP contribution in [-0.4, -0.2) is 25.7 Å². The van der Waals surface area contributed by atoms with Gasteiger partial charge in [0.1, 0.15) is 13.2 Å². The second-order valence-electron chi connectivity index (χ2n) is 6.51. The molecule has 1 fully saturated rings. The van der Waals surface area contributed by atoms with Gasteiger partial charge < -0.3 is 14.8 Å². The molecule has 0 radical (unpaired) electrons. The van der Waals surface area contributed by atoms with Crippen molar-refractivity contribution in [3.05, 3.63) is 46.2 Å². The quantitative estimate of drug-likeness (QED) is 0.919. The van der Waals surface area contributed by atoms with Crippen LogP contribution in [0.1, 0.15) is 40.9 Å². The average molecular weight is 343 g/mol. The standard InChI is InChI=1S/C19H21NO3S/c21-18(17-4-3-11-24-17)20-13-19(7-1-2-8-19)14-5-6-15-16(12-14)23-10-9-22-15/h3-6,11-12H,1-2,7-10,13H2,(H,20,21). The van der Waals surface area contributed by atoms with Gasteiger partial charge in [0.05, 0.1) is 4.88 Å². The molecule has 1 aliphatic carbocycles. The first-order chi connectivity index (χ1) is 11.8. The van der Waals surface area contributed by atoms with Crippen molar-refractivity contribution in [1.82, 2.24) is 5.32 Å². The van der Waals surface area contributed by atoms with Crippen LogP contribution in [0.4, 0.5) is 0 Å². The Hall–Kier alpha value is -2.01. The molecule has 1 aromatic heterocycles. The Morgan fingerprint density at radius 3 is 2.67 bits per heavy atom. The van der Waals surface area contributed by atoms with Gasteiger partial charge in [0.25, 0.3) is 5.91 Å². The lowest BCUT2D eigenvalue weighted by Gasteiger charge is -2.31. The first-order valence-electron chi connectivity index (χ1n) is 8.49. The number of rotatable bonds is 4. The molecule has 1 saturated carbocycles. The fraction of sp³-hybridized carbons (Fsp3) is 0.421. The summed E-state index contributed by atoms with van der Waals surface area (Å²) in [6, 6.07) is 10.0. The highest BCUT2D eigenvalue weighted by Gasteiger charge is 2.36. The number of carbonyl (C=O) groups is 1. The van der Waals surface area contributed by atoms with Gasteiger partial charge in [0.2, 0.25) is 0 Å². The Labute approximate surface area is 145 Å². The van der Waals surface area contributed by atoms with E-state index in [9.17, 15) is 4.79 Å². The predicted molar refractivity (Wildman–Crippen MR) is 94.2 cm³/mol. The molecule has 0 atom stereocenters. The number of nitrogens with one attached hydrogen (secondary N) is 1. The van der Waals surface area contributed by atoms with E-state index in [0.29, 0.717) is 19.8 Å². The van der Waals surface area contributed by atoms with Crippen molar-refractivity contribution in [2.24, 2.45) is 0 Å². The zero-order valence-corrected chi connectivity index (χ0v) is 14.4. The van der Waals surface area contributed by atoms with E-state index in [0.717, 1.165) is 29.2 Å². The molecule has 0 saturated heterocycles. The molecule has 4 rings (SSSR count). The first-order valence-corrected chi connectivity index (χ1v) is 9.37. The molecule has 2 heterocycles. The summed E-state index contributed by atoms with van der Waals surface area (Å²) in [6.07, 6.45) is 4.58. The minimum Gasteiger partial charge on any atom is -0.486 e. The van der Waals surface area contributed by atoms with E-state index in [-0.39, 0.29) is 11.3 Å². The number of hydrogen-bond donors (Lipinski definition) is 1. The Bertz CT molecular complexity index is 720. The Balaban J connectivity index is 1.56. The normalized spacial score (nSPS) is 18.3. The zero-order valence-electron chi connectivity index (χ0n) is 13.5. The van der Waals surface area contributed by atoms with Gasteiger partial charge in [0.15, 0.2) is 11.5 Å². The lowest BCUT2D eigenvalue weighted by atomic mass is 9.78. The van der Waals surface area contributed by atoms with Crippen molar-refractivity contribution >= 4 is 17.2 Å². The van der Waals surface area contributed by atoms with Gasteiger partial charge in [-0.2, -0.15) is 0 Å². The number of carbonyl (C=O) groups excluding carboxylic acids is 1. The van der Waals surface area contributed by atoms with Gasteiger partial charge in [-0.25, -0.2) is 0 Å². The molecular formula is C19H21NO3S. The van der Waals surface area contributed by atoms with Gasteiger partial charge in [-0.05, 0) is 42.0 Å². The van der Waals surface area contributed by atoms with Crippen molar-refractivity contribution in [1.29, 1.82) is 0 Å². The van der Waals surface area contributed by atoms with Gasteiger partial charge in [-0.3, -0.25) is 4.79 Å². The SMILES string of the molecule is O=C(NCC1(c2ccc3c(c2)OCCO3)CCCC1)c1cccs1. The molecule has 2 aromatic rings. The summed E-state index contributed by atoms with van der Waals surface area (Å²) in [7, 11) is 0. The van der Waals surface area contributed by atoms with Crippen molar-refractivity contribution in [2.45, 2.75) is 31.1 Å².